The fourth-order valence-electron chi connectivity index (χ4n) is 1.87. The SMILES string of the molecule is CC(C)[C@H](C)n1nccc1NC(=O)Cc1ccccn1. The zero-order valence-electron chi connectivity index (χ0n) is 12.1. The van der Waals surface area contributed by atoms with Gasteiger partial charge in [0.25, 0.3) is 0 Å². The van der Waals surface area contributed by atoms with E-state index in [4.69, 9.17) is 0 Å². The fraction of sp³-hybridized carbons (Fsp3) is 0.400. The lowest BCUT2D eigenvalue weighted by atomic mass is 10.1. The van der Waals surface area contributed by atoms with Crippen LogP contribution in [0.2, 0.25) is 0 Å². The van der Waals surface area contributed by atoms with Crippen LogP contribution >= 0.6 is 0 Å². The van der Waals surface area contributed by atoms with Crippen molar-refractivity contribution in [3.63, 3.8) is 0 Å². The summed E-state index contributed by atoms with van der Waals surface area (Å²) in [7, 11) is 0. The highest BCUT2D eigenvalue weighted by molar-refractivity contribution is 5.91. The van der Waals surface area contributed by atoms with Crippen LogP contribution in [0.25, 0.3) is 0 Å². The zero-order chi connectivity index (χ0) is 14.5. The molecule has 5 nitrogen and oxygen atoms in total. The quantitative estimate of drug-likeness (QED) is 0.910. The topological polar surface area (TPSA) is 59.8 Å². The number of rotatable bonds is 5. The molecule has 0 aliphatic carbocycles. The summed E-state index contributed by atoms with van der Waals surface area (Å²) in [6, 6.07) is 7.60. The van der Waals surface area contributed by atoms with Crippen molar-refractivity contribution in [2.75, 3.05) is 5.32 Å². The Bertz CT molecular complexity index is 562. The molecule has 1 atom stereocenters. The van der Waals surface area contributed by atoms with Gasteiger partial charge in [0, 0.05) is 18.0 Å². The Kier molecular flexibility index (Phi) is 4.50. The molecular weight excluding hydrogens is 252 g/mol. The van der Waals surface area contributed by atoms with Gasteiger partial charge in [0.05, 0.1) is 18.7 Å². The van der Waals surface area contributed by atoms with Crippen molar-refractivity contribution in [1.82, 2.24) is 14.8 Å². The van der Waals surface area contributed by atoms with Crippen LogP contribution in [-0.2, 0) is 11.2 Å². The summed E-state index contributed by atoms with van der Waals surface area (Å²) in [5.41, 5.74) is 0.757. The number of hydrogen-bond acceptors (Lipinski definition) is 3. The summed E-state index contributed by atoms with van der Waals surface area (Å²) >= 11 is 0. The highest BCUT2D eigenvalue weighted by atomic mass is 16.1. The molecule has 0 spiro atoms. The standard InChI is InChI=1S/C15H20N4O/c1-11(2)12(3)19-14(7-9-17-19)18-15(20)10-13-6-4-5-8-16-13/h4-9,11-12H,10H2,1-3H3,(H,18,20)/t12-/m0/s1. The van der Waals surface area contributed by atoms with E-state index in [9.17, 15) is 4.79 Å². The third-order valence-electron chi connectivity index (χ3n) is 3.36. The number of hydrogen-bond donors (Lipinski definition) is 1. The summed E-state index contributed by atoms with van der Waals surface area (Å²) in [6.07, 6.45) is 3.66. The minimum absolute atomic E-state index is 0.0820. The molecule has 0 aliphatic rings. The monoisotopic (exact) mass is 272 g/mol. The molecule has 0 aromatic carbocycles. The highest BCUT2D eigenvalue weighted by Gasteiger charge is 2.15. The van der Waals surface area contributed by atoms with Crippen molar-refractivity contribution < 1.29 is 4.79 Å². The predicted molar refractivity (Wildman–Crippen MR) is 78.3 cm³/mol. The van der Waals surface area contributed by atoms with Gasteiger partial charge >= 0.3 is 0 Å². The molecule has 106 valence electrons. The van der Waals surface area contributed by atoms with Gasteiger partial charge in [0.2, 0.25) is 5.91 Å². The first-order chi connectivity index (χ1) is 9.58. The maximum Gasteiger partial charge on any atom is 0.231 e. The lowest BCUT2D eigenvalue weighted by Crippen LogP contribution is -2.21. The summed E-state index contributed by atoms with van der Waals surface area (Å²) in [5, 5.41) is 7.18. The first-order valence-electron chi connectivity index (χ1n) is 6.81. The van der Waals surface area contributed by atoms with E-state index < -0.39 is 0 Å². The van der Waals surface area contributed by atoms with E-state index in [1.165, 1.54) is 0 Å². The van der Waals surface area contributed by atoms with Crippen LogP contribution in [0.1, 0.15) is 32.5 Å². The van der Waals surface area contributed by atoms with E-state index in [0.717, 1.165) is 11.5 Å². The lowest BCUT2D eigenvalue weighted by Gasteiger charge is -2.19. The molecule has 2 rings (SSSR count). The van der Waals surface area contributed by atoms with Gasteiger partial charge < -0.3 is 5.32 Å². The smallest absolute Gasteiger partial charge is 0.231 e. The van der Waals surface area contributed by atoms with E-state index in [1.807, 2.05) is 28.9 Å². The van der Waals surface area contributed by atoms with Crippen LogP contribution in [0.3, 0.4) is 0 Å². The van der Waals surface area contributed by atoms with E-state index in [0.29, 0.717) is 5.92 Å². The van der Waals surface area contributed by atoms with Crippen LogP contribution in [0.4, 0.5) is 5.82 Å². The molecule has 0 aliphatic heterocycles. The Hall–Kier alpha value is -2.17. The van der Waals surface area contributed by atoms with Gasteiger partial charge in [-0.15, -0.1) is 0 Å². The lowest BCUT2D eigenvalue weighted by molar-refractivity contribution is -0.115. The number of carbonyl (C=O) groups excluding carboxylic acids is 1. The van der Waals surface area contributed by atoms with Crippen LogP contribution < -0.4 is 5.32 Å². The first kappa shape index (κ1) is 14.2. The van der Waals surface area contributed by atoms with Crippen molar-refractivity contribution in [3.05, 3.63) is 42.4 Å². The Morgan fingerprint density at radius 2 is 2.05 bits per heavy atom. The molecule has 0 bridgehead atoms. The molecule has 0 radical (unpaired) electrons. The highest BCUT2D eigenvalue weighted by Crippen LogP contribution is 2.20. The molecule has 0 saturated carbocycles. The normalized spacial score (nSPS) is 12.4. The second-order valence-corrected chi connectivity index (χ2v) is 5.19. The van der Waals surface area contributed by atoms with Gasteiger partial charge in [-0.3, -0.25) is 9.78 Å². The van der Waals surface area contributed by atoms with Crippen molar-refractivity contribution in [3.8, 4) is 0 Å². The Morgan fingerprint density at radius 1 is 1.25 bits per heavy atom. The molecule has 0 saturated heterocycles. The number of carbonyl (C=O) groups is 1. The molecule has 0 fully saturated rings. The summed E-state index contributed by atoms with van der Waals surface area (Å²) in [4.78, 5) is 16.2. The van der Waals surface area contributed by atoms with Crippen LogP contribution in [0.5, 0.6) is 0 Å². The molecule has 1 amide bonds. The maximum absolute atomic E-state index is 12.0. The summed E-state index contributed by atoms with van der Waals surface area (Å²) in [5.74, 6) is 1.09. The van der Waals surface area contributed by atoms with Crippen LogP contribution in [0.15, 0.2) is 36.7 Å². The minimum Gasteiger partial charge on any atom is -0.311 e. The molecule has 20 heavy (non-hydrogen) atoms. The second-order valence-electron chi connectivity index (χ2n) is 5.19. The molecule has 0 unspecified atom stereocenters. The molecule has 2 heterocycles. The second kappa shape index (κ2) is 6.32. The molecular formula is C15H20N4O. The van der Waals surface area contributed by atoms with E-state index in [-0.39, 0.29) is 18.4 Å². The first-order valence-corrected chi connectivity index (χ1v) is 6.81. The zero-order valence-corrected chi connectivity index (χ0v) is 12.1. The molecule has 5 heteroatoms. The average Bonchev–Trinajstić information content (AvgIpc) is 2.86. The third kappa shape index (κ3) is 3.44. The molecule has 2 aromatic rings. The van der Waals surface area contributed by atoms with Gasteiger partial charge in [-0.2, -0.15) is 5.10 Å². The fourth-order valence-corrected chi connectivity index (χ4v) is 1.87. The summed E-state index contributed by atoms with van der Waals surface area (Å²) < 4.78 is 1.85. The number of nitrogens with one attached hydrogen (secondary N) is 1. The maximum atomic E-state index is 12.0. The van der Waals surface area contributed by atoms with Crippen LogP contribution in [-0.4, -0.2) is 20.7 Å². The van der Waals surface area contributed by atoms with Gasteiger partial charge in [-0.1, -0.05) is 19.9 Å². The number of nitrogens with zero attached hydrogens (tertiary/aromatic N) is 3. The van der Waals surface area contributed by atoms with E-state index in [2.05, 4.69) is 36.2 Å². The Balaban J connectivity index is 2.04. The summed E-state index contributed by atoms with van der Waals surface area (Å²) in [6.45, 7) is 6.35. The number of pyridine rings is 1. The molecule has 1 N–H and O–H groups in total. The van der Waals surface area contributed by atoms with E-state index >= 15 is 0 Å². The van der Waals surface area contributed by atoms with E-state index in [1.54, 1.807) is 12.4 Å². The number of aromatic nitrogens is 3. The third-order valence-corrected chi connectivity index (χ3v) is 3.36. The van der Waals surface area contributed by atoms with Crippen molar-refractivity contribution in [2.45, 2.75) is 33.2 Å². The van der Waals surface area contributed by atoms with Gasteiger partial charge in [-0.05, 0) is 25.0 Å². The molecule has 2 aromatic heterocycles. The van der Waals surface area contributed by atoms with Crippen molar-refractivity contribution in [1.29, 1.82) is 0 Å². The predicted octanol–water partition coefficient (Wildman–Crippen LogP) is 2.68. The van der Waals surface area contributed by atoms with Crippen molar-refractivity contribution >= 4 is 11.7 Å². The Labute approximate surface area is 119 Å². The Morgan fingerprint density at radius 3 is 2.70 bits per heavy atom. The van der Waals surface area contributed by atoms with Gasteiger partial charge in [0.15, 0.2) is 0 Å². The van der Waals surface area contributed by atoms with Crippen LogP contribution in [0, 0.1) is 5.92 Å². The largest absolute Gasteiger partial charge is 0.311 e. The number of anilines is 1. The minimum atomic E-state index is -0.0820. The van der Waals surface area contributed by atoms with Gasteiger partial charge in [-0.25, -0.2) is 4.68 Å². The number of amides is 1. The van der Waals surface area contributed by atoms with Crippen molar-refractivity contribution in [2.24, 2.45) is 5.92 Å². The average molecular weight is 272 g/mol. The van der Waals surface area contributed by atoms with Gasteiger partial charge in [0.1, 0.15) is 5.82 Å².